The minimum absolute atomic E-state index is 0.00369. The number of amides is 2. The summed E-state index contributed by atoms with van der Waals surface area (Å²) in [6.07, 6.45) is 6.80. The van der Waals surface area contributed by atoms with Crippen LogP contribution in [0.15, 0.2) is 18.2 Å². The van der Waals surface area contributed by atoms with Crippen LogP contribution in [0.2, 0.25) is 0 Å². The third-order valence-electron chi connectivity index (χ3n) is 8.52. The van der Waals surface area contributed by atoms with Crippen molar-refractivity contribution in [3.05, 3.63) is 29.3 Å². The highest BCUT2D eigenvalue weighted by Crippen LogP contribution is 2.62. The molecule has 5 fully saturated rings. The lowest BCUT2D eigenvalue weighted by atomic mass is 9.47. The summed E-state index contributed by atoms with van der Waals surface area (Å²) in [4.78, 5) is 29.9. The first-order valence-electron chi connectivity index (χ1n) is 12.3. The van der Waals surface area contributed by atoms with Crippen LogP contribution in [0.25, 0.3) is 0 Å². The zero-order chi connectivity index (χ0) is 22.5. The Hall–Kier alpha value is -1.92. The Labute approximate surface area is 191 Å². The zero-order valence-corrected chi connectivity index (χ0v) is 19.5. The molecule has 2 amide bonds. The molecule has 0 aromatic heterocycles. The number of benzene rings is 1. The lowest BCUT2D eigenvalue weighted by molar-refractivity contribution is -0.172. The van der Waals surface area contributed by atoms with Gasteiger partial charge in [-0.15, -0.1) is 0 Å². The number of anilines is 1. The van der Waals surface area contributed by atoms with Crippen LogP contribution in [0.5, 0.6) is 0 Å². The molecule has 174 valence electrons. The van der Waals surface area contributed by atoms with E-state index in [1.165, 1.54) is 6.42 Å². The van der Waals surface area contributed by atoms with Gasteiger partial charge in [0.15, 0.2) is 0 Å². The van der Waals surface area contributed by atoms with Gasteiger partial charge in [0, 0.05) is 38.3 Å². The van der Waals surface area contributed by atoms with Crippen LogP contribution in [0.4, 0.5) is 5.69 Å². The molecule has 1 aromatic rings. The quantitative estimate of drug-likeness (QED) is 0.740. The standard InChI is InChI=1S/C26H37N3O3/c1-18-4-3-5-19(2)24(18)27-22(30)16-28-6-8-29(9-7-28)23(31)15-25-11-20-10-21(12-25)14-26(32,13-20)17-25/h3-5,20-21,32H,6-17H2,1-2H3,(H,27,30). The first kappa shape index (κ1) is 21.9. The topological polar surface area (TPSA) is 72.9 Å². The number of aliphatic hydroxyl groups is 1. The summed E-state index contributed by atoms with van der Waals surface area (Å²) in [7, 11) is 0. The fourth-order valence-electron chi connectivity index (χ4n) is 7.59. The highest BCUT2D eigenvalue weighted by molar-refractivity contribution is 5.93. The van der Waals surface area contributed by atoms with Crippen molar-refractivity contribution in [2.24, 2.45) is 17.3 Å². The predicted octanol–water partition coefficient (Wildman–Crippen LogP) is 3.11. The van der Waals surface area contributed by atoms with E-state index >= 15 is 0 Å². The van der Waals surface area contributed by atoms with Crippen LogP contribution in [-0.2, 0) is 9.59 Å². The van der Waals surface area contributed by atoms with Crippen molar-refractivity contribution in [3.8, 4) is 0 Å². The van der Waals surface area contributed by atoms with E-state index in [9.17, 15) is 14.7 Å². The molecule has 2 atom stereocenters. The Morgan fingerprint density at radius 3 is 2.25 bits per heavy atom. The van der Waals surface area contributed by atoms with Crippen LogP contribution in [-0.4, -0.2) is 65.0 Å². The summed E-state index contributed by atoms with van der Waals surface area (Å²) in [5.74, 6) is 1.47. The number of para-hydroxylation sites is 1. The molecule has 5 aliphatic rings. The minimum atomic E-state index is -0.508. The highest BCUT2D eigenvalue weighted by atomic mass is 16.3. The van der Waals surface area contributed by atoms with Gasteiger partial charge < -0.3 is 15.3 Å². The van der Waals surface area contributed by atoms with Crippen LogP contribution in [0, 0.1) is 31.1 Å². The predicted molar refractivity (Wildman–Crippen MR) is 124 cm³/mol. The third kappa shape index (κ3) is 4.32. The molecular formula is C26H37N3O3. The first-order chi connectivity index (χ1) is 15.2. The maximum absolute atomic E-state index is 13.2. The number of nitrogens with zero attached hydrogens (tertiary/aromatic N) is 2. The van der Waals surface area contributed by atoms with Gasteiger partial charge in [0.05, 0.1) is 12.1 Å². The normalized spacial score (nSPS) is 34.0. The van der Waals surface area contributed by atoms with Gasteiger partial charge in [0.25, 0.3) is 0 Å². The maximum Gasteiger partial charge on any atom is 0.238 e. The second-order valence-corrected chi connectivity index (χ2v) is 11.3. The summed E-state index contributed by atoms with van der Waals surface area (Å²) in [5.41, 5.74) is 2.57. The van der Waals surface area contributed by atoms with E-state index in [1.807, 2.05) is 36.9 Å². The molecule has 4 bridgehead atoms. The fourth-order valence-corrected chi connectivity index (χ4v) is 7.59. The van der Waals surface area contributed by atoms with Crippen molar-refractivity contribution in [1.29, 1.82) is 0 Å². The molecule has 0 spiro atoms. The highest BCUT2D eigenvalue weighted by Gasteiger charge is 2.57. The molecule has 32 heavy (non-hydrogen) atoms. The van der Waals surface area contributed by atoms with E-state index in [2.05, 4.69) is 10.2 Å². The van der Waals surface area contributed by atoms with Gasteiger partial charge in [-0.05, 0) is 80.8 Å². The molecule has 1 heterocycles. The Kier molecular flexibility index (Phi) is 5.57. The third-order valence-corrected chi connectivity index (χ3v) is 8.52. The number of nitrogens with one attached hydrogen (secondary N) is 1. The number of rotatable bonds is 5. The van der Waals surface area contributed by atoms with Gasteiger partial charge in [-0.2, -0.15) is 0 Å². The number of aryl methyl sites for hydroxylation is 2. The van der Waals surface area contributed by atoms with Crippen LogP contribution in [0.3, 0.4) is 0 Å². The van der Waals surface area contributed by atoms with Gasteiger partial charge >= 0.3 is 0 Å². The molecule has 6 rings (SSSR count). The Morgan fingerprint density at radius 1 is 1.03 bits per heavy atom. The van der Waals surface area contributed by atoms with Crippen LogP contribution < -0.4 is 5.32 Å². The molecule has 2 N–H and O–H groups in total. The summed E-state index contributed by atoms with van der Waals surface area (Å²) in [6, 6.07) is 6.02. The van der Waals surface area contributed by atoms with Crippen molar-refractivity contribution in [3.63, 3.8) is 0 Å². The Balaban J connectivity index is 1.12. The smallest absolute Gasteiger partial charge is 0.238 e. The van der Waals surface area contributed by atoms with E-state index in [4.69, 9.17) is 0 Å². The van der Waals surface area contributed by atoms with E-state index < -0.39 is 5.60 Å². The van der Waals surface area contributed by atoms with Crippen molar-refractivity contribution in [2.75, 3.05) is 38.0 Å². The fraction of sp³-hybridized carbons (Fsp3) is 0.692. The van der Waals surface area contributed by atoms with E-state index in [0.717, 1.165) is 62.0 Å². The summed E-state index contributed by atoms with van der Waals surface area (Å²) < 4.78 is 0. The first-order valence-corrected chi connectivity index (χ1v) is 12.3. The lowest BCUT2D eigenvalue weighted by Crippen LogP contribution is -2.57. The summed E-state index contributed by atoms with van der Waals surface area (Å²) in [5, 5.41) is 14.0. The molecule has 0 radical (unpaired) electrons. The van der Waals surface area contributed by atoms with Crippen molar-refractivity contribution in [1.82, 2.24) is 9.80 Å². The number of hydrogen-bond donors (Lipinski definition) is 2. The lowest BCUT2D eigenvalue weighted by Gasteiger charge is -2.60. The second-order valence-electron chi connectivity index (χ2n) is 11.3. The van der Waals surface area contributed by atoms with Gasteiger partial charge in [-0.1, -0.05) is 18.2 Å². The van der Waals surface area contributed by atoms with E-state index in [-0.39, 0.29) is 17.2 Å². The van der Waals surface area contributed by atoms with Crippen LogP contribution >= 0.6 is 0 Å². The van der Waals surface area contributed by atoms with Gasteiger partial charge in [-0.25, -0.2) is 0 Å². The Bertz CT molecular complexity index is 871. The molecule has 4 aliphatic carbocycles. The molecule has 6 nitrogen and oxygen atoms in total. The maximum atomic E-state index is 13.2. The average molecular weight is 440 g/mol. The van der Waals surface area contributed by atoms with Crippen molar-refractivity contribution < 1.29 is 14.7 Å². The summed E-state index contributed by atoms with van der Waals surface area (Å²) >= 11 is 0. The zero-order valence-electron chi connectivity index (χ0n) is 19.5. The van der Waals surface area contributed by atoms with Crippen molar-refractivity contribution >= 4 is 17.5 Å². The molecular weight excluding hydrogens is 402 g/mol. The minimum Gasteiger partial charge on any atom is -0.390 e. The monoisotopic (exact) mass is 439 g/mol. The van der Waals surface area contributed by atoms with Gasteiger partial charge in [0.2, 0.25) is 11.8 Å². The molecule has 1 aliphatic heterocycles. The van der Waals surface area contributed by atoms with Crippen molar-refractivity contribution in [2.45, 2.75) is 64.4 Å². The number of hydrogen-bond acceptors (Lipinski definition) is 4. The van der Waals surface area contributed by atoms with Gasteiger partial charge in [-0.3, -0.25) is 14.5 Å². The number of carbonyl (C=O) groups excluding carboxylic acids is 2. The molecule has 1 saturated heterocycles. The SMILES string of the molecule is Cc1cccc(C)c1NC(=O)CN1CCN(C(=O)CC23CC4CC(CC(O)(C4)C2)C3)CC1. The van der Waals surface area contributed by atoms with E-state index in [0.29, 0.717) is 37.9 Å². The second kappa shape index (κ2) is 8.14. The average Bonchev–Trinajstić information content (AvgIpc) is 2.69. The largest absolute Gasteiger partial charge is 0.390 e. The molecule has 6 heteroatoms. The Morgan fingerprint density at radius 2 is 1.66 bits per heavy atom. The number of piperazine rings is 1. The summed E-state index contributed by atoms with van der Waals surface area (Å²) in [6.45, 7) is 7.20. The van der Waals surface area contributed by atoms with Crippen LogP contribution in [0.1, 0.15) is 56.1 Å². The van der Waals surface area contributed by atoms with Gasteiger partial charge in [0.1, 0.15) is 0 Å². The molecule has 2 unspecified atom stereocenters. The number of carbonyl (C=O) groups is 2. The molecule has 4 saturated carbocycles. The molecule has 1 aromatic carbocycles. The van der Waals surface area contributed by atoms with E-state index in [1.54, 1.807) is 0 Å².